The molecule has 40 heavy (non-hydrogen) atoms. The number of pyridine rings is 1. The van der Waals surface area contributed by atoms with Crippen LogP contribution in [-0.4, -0.2) is 58.6 Å². The molecule has 2 aromatic carbocycles. The first-order chi connectivity index (χ1) is 19.1. The standard InChI is InChI=1S/C29H25N5O6/c1-14-9-16(13-30-12-14)18-10-23-22(33(3)27(37)15(2)40-23)11-20(18)31-19-6-4-5-17-25(19)29(39)34(28(17)38)21-7-8-24(35)32-26(21)36/h4-6,9-13,15,21,31H,7-8H2,1-3H3,(H,32,35,36)/t15-,21-/m0/s1. The van der Waals surface area contributed by atoms with Crippen LogP contribution in [0, 0.1) is 6.92 Å². The van der Waals surface area contributed by atoms with Gasteiger partial charge in [-0.1, -0.05) is 6.07 Å². The van der Waals surface area contributed by atoms with E-state index in [1.165, 1.54) is 11.0 Å². The zero-order chi connectivity index (χ0) is 28.3. The summed E-state index contributed by atoms with van der Waals surface area (Å²) in [4.78, 5) is 70.5. The van der Waals surface area contributed by atoms with E-state index in [9.17, 15) is 24.0 Å². The number of ether oxygens (including phenoxy) is 1. The third-order valence-electron chi connectivity index (χ3n) is 7.37. The summed E-state index contributed by atoms with van der Waals surface area (Å²) in [5, 5.41) is 5.51. The van der Waals surface area contributed by atoms with Crippen LogP contribution >= 0.6 is 0 Å². The van der Waals surface area contributed by atoms with Gasteiger partial charge in [-0.2, -0.15) is 0 Å². The highest BCUT2D eigenvalue weighted by molar-refractivity contribution is 6.25. The van der Waals surface area contributed by atoms with Crippen LogP contribution in [-0.2, 0) is 14.4 Å². The number of anilines is 3. The molecule has 5 amide bonds. The zero-order valence-electron chi connectivity index (χ0n) is 22.0. The summed E-state index contributed by atoms with van der Waals surface area (Å²) < 4.78 is 5.91. The number of likely N-dealkylation sites (N-methyl/N-ethyl adjacent to an activating group) is 1. The third-order valence-corrected chi connectivity index (χ3v) is 7.37. The predicted octanol–water partition coefficient (Wildman–Crippen LogP) is 2.95. The highest BCUT2D eigenvalue weighted by atomic mass is 16.5. The van der Waals surface area contributed by atoms with Gasteiger partial charge in [-0.25, -0.2) is 0 Å². The van der Waals surface area contributed by atoms with Crippen LogP contribution in [0.2, 0.25) is 0 Å². The molecule has 11 heteroatoms. The van der Waals surface area contributed by atoms with E-state index >= 15 is 0 Å². The molecule has 11 nitrogen and oxygen atoms in total. The summed E-state index contributed by atoms with van der Waals surface area (Å²) >= 11 is 0. The van der Waals surface area contributed by atoms with Gasteiger partial charge in [0.15, 0.2) is 6.10 Å². The molecule has 1 fully saturated rings. The Kier molecular flexibility index (Phi) is 5.86. The van der Waals surface area contributed by atoms with Gasteiger partial charge in [0.1, 0.15) is 11.8 Å². The molecule has 3 aromatic rings. The Morgan fingerprint density at radius 3 is 2.55 bits per heavy atom. The van der Waals surface area contributed by atoms with Crippen LogP contribution in [0.5, 0.6) is 5.75 Å². The number of imide groups is 2. The van der Waals surface area contributed by atoms with E-state index < -0.39 is 35.8 Å². The van der Waals surface area contributed by atoms with E-state index in [0.29, 0.717) is 28.4 Å². The lowest BCUT2D eigenvalue weighted by molar-refractivity contribution is -0.136. The van der Waals surface area contributed by atoms with E-state index in [0.717, 1.165) is 16.0 Å². The van der Waals surface area contributed by atoms with E-state index in [2.05, 4.69) is 15.6 Å². The summed E-state index contributed by atoms with van der Waals surface area (Å²) in [5.74, 6) is -2.02. The molecule has 4 heterocycles. The van der Waals surface area contributed by atoms with Crippen molar-refractivity contribution in [3.63, 3.8) is 0 Å². The van der Waals surface area contributed by atoms with Crippen molar-refractivity contribution in [1.29, 1.82) is 0 Å². The zero-order valence-corrected chi connectivity index (χ0v) is 22.0. The second-order valence-corrected chi connectivity index (χ2v) is 10.1. The van der Waals surface area contributed by atoms with Gasteiger partial charge in [-0.05, 0) is 56.2 Å². The van der Waals surface area contributed by atoms with Gasteiger partial charge >= 0.3 is 0 Å². The average molecular weight is 540 g/mol. The first-order valence-electron chi connectivity index (χ1n) is 12.8. The van der Waals surface area contributed by atoms with Crippen molar-refractivity contribution in [3.05, 3.63) is 65.5 Å². The molecule has 0 spiro atoms. The number of hydrogen-bond donors (Lipinski definition) is 2. The quantitative estimate of drug-likeness (QED) is 0.483. The number of benzene rings is 2. The molecule has 0 bridgehead atoms. The number of carbonyl (C=O) groups excluding carboxylic acids is 5. The molecule has 0 aliphatic carbocycles. The van der Waals surface area contributed by atoms with Gasteiger partial charge < -0.3 is 15.0 Å². The summed E-state index contributed by atoms with van der Waals surface area (Å²) in [5.41, 5.74) is 4.14. The largest absolute Gasteiger partial charge is 0.479 e. The van der Waals surface area contributed by atoms with Gasteiger partial charge in [0.2, 0.25) is 11.8 Å². The number of carbonyl (C=O) groups is 5. The van der Waals surface area contributed by atoms with E-state index in [-0.39, 0.29) is 29.9 Å². The normalized spacial score (nSPS) is 20.2. The maximum atomic E-state index is 13.6. The molecule has 6 rings (SSSR count). The Hall–Kier alpha value is -5.06. The third kappa shape index (κ3) is 3.98. The summed E-state index contributed by atoms with van der Waals surface area (Å²) in [7, 11) is 1.66. The van der Waals surface area contributed by atoms with Crippen molar-refractivity contribution in [2.45, 2.75) is 38.8 Å². The molecule has 202 valence electrons. The first kappa shape index (κ1) is 25.2. The molecule has 1 saturated heterocycles. The Bertz CT molecular complexity index is 1650. The fraction of sp³-hybridized carbons (Fsp3) is 0.241. The average Bonchev–Trinajstić information content (AvgIpc) is 3.18. The fourth-order valence-corrected chi connectivity index (χ4v) is 5.37. The number of amides is 5. The van der Waals surface area contributed by atoms with E-state index in [1.807, 2.05) is 19.1 Å². The number of rotatable bonds is 4. The maximum absolute atomic E-state index is 13.6. The van der Waals surface area contributed by atoms with Crippen molar-refractivity contribution in [2.24, 2.45) is 0 Å². The lowest BCUT2D eigenvalue weighted by Crippen LogP contribution is -2.54. The number of aryl methyl sites for hydroxylation is 1. The minimum Gasteiger partial charge on any atom is -0.479 e. The van der Waals surface area contributed by atoms with Gasteiger partial charge in [0.25, 0.3) is 17.7 Å². The van der Waals surface area contributed by atoms with Crippen LogP contribution in [0.1, 0.15) is 46.0 Å². The monoisotopic (exact) mass is 539 g/mol. The van der Waals surface area contributed by atoms with Crippen LogP contribution in [0.4, 0.5) is 17.1 Å². The SMILES string of the molecule is Cc1cncc(-c2cc3c(cc2Nc2cccc4c2C(=O)N([C@H]2CCC(=O)NC2=O)C4=O)N(C)C(=O)[C@H](C)O3)c1. The predicted molar refractivity (Wildman–Crippen MR) is 144 cm³/mol. The molecule has 0 saturated carbocycles. The molecule has 2 N–H and O–H groups in total. The van der Waals surface area contributed by atoms with Crippen LogP contribution in [0.25, 0.3) is 11.1 Å². The lowest BCUT2D eigenvalue weighted by atomic mass is 10.0. The highest BCUT2D eigenvalue weighted by Crippen LogP contribution is 2.44. The Labute approximate surface area is 229 Å². The summed E-state index contributed by atoms with van der Waals surface area (Å²) in [6, 6.07) is 9.31. The number of aromatic nitrogens is 1. The number of nitrogens with one attached hydrogen (secondary N) is 2. The van der Waals surface area contributed by atoms with Gasteiger partial charge in [-0.15, -0.1) is 0 Å². The lowest BCUT2D eigenvalue weighted by Gasteiger charge is -2.31. The minimum absolute atomic E-state index is 0.0326. The second kappa shape index (κ2) is 9.30. The molecular formula is C29H25N5O6. The van der Waals surface area contributed by atoms with Crippen LogP contribution < -0.4 is 20.3 Å². The maximum Gasteiger partial charge on any atom is 0.267 e. The van der Waals surface area contributed by atoms with Crippen molar-refractivity contribution in [3.8, 4) is 16.9 Å². The number of fused-ring (bicyclic) bond motifs is 2. The van der Waals surface area contributed by atoms with Crippen molar-refractivity contribution >= 4 is 46.6 Å². The van der Waals surface area contributed by atoms with Crippen molar-refractivity contribution in [1.82, 2.24) is 15.2 Å². The Balaban J connectivity index is 1.44. The molecular weight excluding hydrogens is 514 g/mol. The number of nitrogens with zero attached hydrogens (tertiary/aromatic N) is 3. The van der Waals surface area contributed by atoms with Crippen LogP contribution in [0.3, 0.4) is 0 Å². The van der Waals surface area contributed by atoms with Gasteiger partial charge in [-0.3, -0.25) is 39.2 Å². The van der Waals surface area contributed by atoms with Crippen molar-refractivity contribution in [2.75, 3.05) is 17.3 Å². The molecule has 1 aromatic heterocycles. The topological polar surface area (TPSA) is 138 Å². The molecule has 0 unspecified atom stereocenters. The molecule has 2 atom stereocenters. The molecule has 3 aliphatic rings. The molecule has 3 aliphatic heterocycles. The van der Waals surface area contributed by atoms with Gasteiger partial charge in [0.05, 0.1) is 22.5 Å². The Morgan fingerprint density at radius 1 is 1.00 bits per heavy atom. The van der Waals surface area contributed by atoms with E-state index in [4.69, 9.17) is 4.74 Å². The molecule has 0 radical (unpaired) electrons. The van der Waals surface area contributed by atoms with Crippen LogP contribution in [0.15, 0.2) is 48.8 Å². The smallest absolute Gasteiger partial charge is 0.267 e. The number of piperidine rings is 1. The second-order valence-electron chi connectivity index (χ2n) is 10.1. The fourth-order valence-electron chi connectivity index (χ4n) is 5.37. The Morgan fingerprint density at radius 2 is 1.80 bits per heavy atom. The first-order valence-corrected chi connectivity index (χ1v) is 12.8. The summed E-state index contributed by atoms with van der Waals surface area (Å²) in [6.45, 7) is 3.61. The summed E-state index contributed by atoms with van der Waals surface area (Å²) in [6.07, 6.45) is 2.88. The minimum atomic E-state index is -1.07. The van der Waals surface area contributed by atoms with Gasteiger partial charge in [0, 0.05) is 42.7 Å². The van der Waals surface area contributed by atoms with E-state index in [1.54, 1.807) is 44.6 Å². The number of hydrogen-bond acceptors (Lipinski definition) is 8. The highest BCUT2D eigenvalue weighted by Gasteiger charge is 2.45. The van der Waals surface area contributed by atoms with Crippen molar-refractivity contribution < 1.29 is 28.7 Å².